The van der Waals surface area contributed by atoms with Crippen LogP contribution in [-0.4, -0.2) is 64.2 Å². The number of β-amino-alcohol motifs (C(OH)–C–C–N with tert-alkyl or cyclic N) is 1. The number of aliphatic hydroxyl groups excluding tert-OH is 1. The van der Waals surface area contributed by atoms with Gasteiger partial charge in [0.25, 0.3) is 0 Å². The van der Waals surface area contributed by atoms with Gasteiger partial charge in [-0.05, 0) is 48.6 Å². The fourth-order valence-electron chi connectivity index (χ4n) is 6.56. The Balaban J connectivity index is 1.50. The molecule has 0 saturated carbocycles. The van der Waals surface area contributed by atoms with Gasteiger partial charge >= 0.3 is 5.97 Å². The number of hydrogen-bond donors (Lipinski definition) is 2. The summed E-state index contributed by atoms with van der Waals surface area (Å²) in [4.78, 5) is 21.4. The van der Waals surface area contributed by atoms with E-state index in [1.807, 2.05) is 18.2 Å². The summed E-state index contributed by atoms with van der Waals surface area (Å²) >= 11 is 6.02. The zero-order valence-corrected chi connectivity index (χ0v) is 20.3. The number of hydrogen-bond acceptors (Lipinski definition) is 5. The van der Waals surface area contributed by atoms with Crippen LogP contribution in [0.1, 0.15) is 48.2 Å². The first-order valence-corrected chi connectivity index (χ1v) is 12.6. The molecule has 1 aromatic heterocycles. The number of nitrogens with one attached hydrogen (secondary N) is 1. The molecule has 0 amide bonds. The monoisotopic (exact) mass is 497 g/mol. The minimum absolute atomic E-state index is 0.0736. The van der Waals surface area contributed by atoms with E-state index in [4.69, 9.17) is 16.3 Å². The van der Waals surface area contributed by atoms with Crippen molar-refractivity contribution in [1.29, 1.82) is 0 Å². The fraction of sp³-hybridized carbons (Fsp3) is 0.444. The number of ether oxygens (including phenoxy) is 1. The minimum Gasteiger partial charge on any atom is -0.468 e. The molecule has 0 unspecified atom stereocenters. The Morgan fingerprint density at radius 2 is 2.00 bits per heavy atom. The molecule has 6 rings (SSSR count). The van der Waals surface area contributed by atoms with Crippen LogP contribution in [0.25, 0.3) is 10.9 Å². The van der Waals surface area contributed by atoms with Gasteiger partial charge in [0.05, 0.1) is 24.3 Å². The van der Waals surface area contributed by atoms with Gasteiger partial charge in [-0.2, -0.15) is 0 Å². The van der Waals surface area contributed by atoms with Crippen LogP contribution < -0.4 is 0 Å². The van der Waals surface area contributed by atoms with Crippen molar-refractivity contribution in [3.05, 3.63) is 70.1 Å². The SMILES string of the molecule is COC(=O)[C@@H]1Cc2c([nH]c3ccccc23)[C@@H]2C[C@H](N3CC[C@@H](O)C3)C[C@@H](c3ccc(Cl)c(F)c3)N12. The first kappa shape index (κ1) is 23.0. The summed E-state index contributed by atoms with van der Waals surface area (Å²) < 4.78 is 19.9. The number of nitrogens with zero attached hydrogens (tertiary/aromatic N) is 2. The van der Waals surface area contributed by atoms with E-state index in [2.05, 4.69) is 26.9 Å². The molecule has 0 aliphatic carbocycles. The molecule has 0 bridgehead atoms. The highest BCUT2D eigenvalue weighted by atomic mass is 35.5. The number of H-pyrrole nitrogens is 1. The average Bonchev–Trinajstić information content (AvgIpc) is 3.47. The van der Waals surface area contributed by atoms with Gasteiger partial charge in [-0.3, -0.25) is 14.6 Å². The number of esters is 1. The van der Waals surface area contributed by atoms with E-state index in [1.165, 1.54) is 13.2 Å². The maximum Gasteiger partial charge on any atom is 0.323 e. The Hall–Kier alpha value is -2.45. The number of methoxy groups -OCH3 is 1. The van der Waals surface area contributed by atoms with Crippen molar-refractivity contribution in [3.8, 4) is 0 Å². The van der Waals surface area contributed by atoms with Gasteiger partial charge in [0.1, 0.15) is 11.9 Å². The highest BCUT2D eigenvalue weighted by Gasteiger charge is 2.49. The second kappa shape index (κ2) is 8.89. The Kier molecular flexibility index (Phi) is 5.84. The number of rotatable bonds is 3. The van der Waals surface area contributed by atoms with Gasteiger partial charge in [-0.1, -0.05) is 35.9 Å². The first-order chi connectivity index (χ1) is 16.9. The first-order valence-electron chi connectivity index (χ1n) is 12.3. The lowest BCUT2D eigenvalue weighted by atomic mass is 9.79. The Morgan fingerprint density at radius 1 is 1.20 bits per heavy atom. The lowest BCUT2D eigenvalue weighted by Crippen LogP contribution is -2.56. The number of carbonyl (C=O) groups excluding carboxylic acids is 1. The summed E-state index contributed by atoms with van der Waals surface area (Å²) in [7, 11) is 1.43. The zero-order chi connectivity index (χ0) is 24.3. The lowest BCUT2D eigenvalue weighted by molar-refractivity contribution is -0.152. The van der Waals surface area contributed by atoms with Crippen LogP contribution in [0.5, 0.6) is 0 Å². The molecule has 184 valence electrons. The van der Waals surface area contributed by atoms with E-state index in [-0.39, 0.29) is 35.2 Å². The van der Waals surface area contributed by atoms with Crippen LogP contribution in [0.15, 0.2) is 42.5 Å². The van der Waals surface area contributed by atoms with Crippen molar-refractivity contribution < 1.29 is 19.0 Å². The number of aromatic nitrogens is 1. The van der Waals surface area contributed by atoms with Crippen molar-refractivity contribution in [2.45, 2.75) is 56.0 Å². The molecular formula is C27H29ClFN3O3. The molecule has 3 aliphatic rings. The number of carbonyl (C=O) groups is 1. The maximum absolute atomic E-state index is 14.6. The Labute approximate surface area is 208 Å². The van der Waals surface area contributed by atoms with Crippen molar-refractivity contribution in [3.63, 3.8) is 0 Å². The third-order valence-corrected chi connectivity index (χ3v) is 8.47. The van der Waals surface area contributed by atoms with Gasteiger partial charge < -0.3 is 14.8 Å². The van der Waals surface area contributed by atoms with Crippen LogP contribution in [0, 0.1) is 5.82 Å². The number of fused-ring (bicyclic) bond motifs is 5. The van der Waals surface area contributed by atoms with Crippen LogP contribution in [0.2, 0.25) is 5.02 Å². The third kappa shape index (κ3) is 3.85. The summed E-state index contributed by atoms with van der Waals surface area (Å²) in [6.07, 6.45) is 2.51. The topological polar surface area (TPSA) is 68.8 Å². The number of likely N-dealkylation sites (tertiary alicyclic amines) is 1. The second-order valence-corrected chi connectivity index (χ2v) is 10.4. The summed E-state index contributed by atoms with van der Waals surface area (Å²) in [5.74, 6) is -0.738. The predicted octanol–water partition coefficient (Wildman–Crippen LogP) is 4.37. The Morgan fingerprint density at radius 3 is 2.74 bits per heavy atom. The lowest BCUT2D eigenvalue weighted by Gasteiger charge is -2.52. The third-order valence-electron chi connectivity index (χ3n) is 8.16. The molecule has 6 nitrogen and oxygen atoms in total. The Bertz CT molecular complexity index is 1280. The molecule has 3 aliphatic heterocycles. The molecule has 0 spiro atoms. The van der Waals surface area contributed by atoms with Gasteiger partial charge in [-0.15, -0.1) is 0 Å². The average molecular weight is 498 g/mol. The number of aromatic amines is 1. The van der Waals surface area contributed by atoms with Crippen LogP contribution in [0.3, 0.4) is 0 Å². The number of halogens is 2. The summed E-state index contributed by atoms with van der Waals surface area (Å²) in [5.41, 5.74) is 4.13. The minimum atomic E-state index is -0.481. The smallest absolute Gasteiger partial charge is 0.323 e. The molecule has 0 radical (unpaired) electrons. The molecule has 8 heteroatoms. The van der Waals surface area contributed by atoms with Gasteiger partial charge in [0.2, 0.25) is 0 Å². The van der Waals surface area contributed by atoms with Crippen molar-refractivity contribution in [2.24, 2.45) is 0 Å². The quantitative estimate of drug-likeness (QED) is 0.526. The van der Waals surface area contributed by atoms with Crippen LogP contribution in [0.4, 0.5) is 4.39 Å². The summed E-state index contributed by atoms with van der Waals surface area (Å²) in [6.45, 7) is 1.47. The predicted molar refractivity (Wildman–Crippen MR) is 132 cm³/mol. The molecule has 35 heavy (non-hydrogen) atoms. The normalized spacial score (nSPS) is 29.2. The van der Waals surface area contributed by atoms with Crippen molar-refractivity contribution in [1.82, 2.24) is 14.8 Å². The van der Waals surface area contributed by atoms with E-state index in [0.717, 1.165) is 53.5 Å². The van der Waals surface area contributed by atoms with Crippen LogP contribution in [-0.2, 0) is 16.0 Å². The van der Waals surface area contributed by atoms with E-state index >= 15 is 0 Å². The zero-order valence-electron chi connectivity index (χ0n) is 19.6. The largest absolute Gasteiger partial charge is 0.468 e. The van der Waals surface area contributed by atoms with E-state index in [1.54, 1.807) is 6.07 Å². The van der Waals surface area contributed by atoms with Crippen molar-refractivity contribution >= 4 is 28.5 Å². The molecule has 4 heterocycles. The van der Waals surface area contributed by atoms with Crippen LogP contribution >= 0.6 is 11.6 Å². The summed E-state index contributed by atoms with van der Waals surface area (Å²) in [5, 5.41) is 11.4. The molecule has 3 aromatic rings. The van der Waals surface area contributed by atoms with E-state index in [9.17, 15) is 14.3 Å². The van der Waals surface area contributed by atoms with Gasteiger partial charge in [-0.25, -0.2) is 4.39 Å². The number of benzene rings is 2. The maximum atomic E-state index is 14.6. The summed E-state index contributed by atoms with van der Waals surface area (Å²) in [6, 6.07) is 12.6. The highest BCUT2D eigenvalue weighted by Crippen LogP contribution is 2.50. The van der Waals surface area contributed by atoms with E-state index in [0.29, 0.717) is 13.0 Å². The molecule has 5 atom stereocenters. The molecule has 2 aromatic carbocycles. The molecule has 2 fully saturated rings. The standard InChI is InChI=1S/C27H29ClFN3O3/c1-35-27(34)25-13-19-18-4-2-3-5-22(18)30-26(19)24-12-16(31-9-8-17(33)14-31)11-23(32(24)25)15-6-7-20(28)21(29)10-15/h2-7,10,16-17,23-25,30,33H,8-9,11-14H2,1H3/t16-,17-,23+,24+,25+/m1/s1. The highest BCUT2D eigenvalue weighted by molar-refractivity contribution is 6.30. The second-order valence-electron chi connectivity index (χ2n) is 10.0. The number of piperidine rings is 1. The number of para-hydroxylation sites is 1. The fourth-order valence-corrected chi connectivity index (χ4v) is 6.68. The van der Waals surface area contributed by atoms with E-state index < -0.39 is 11.9 Å². The molecule has 2 N–H and O–H groups in total. The van der Waals surface area contributed by atoms with Crippen molar-refractivity contribution in [2.75, 3.05) is 20.2 Å². The van der Waals surface area contributed by atoms with Gasteiger partial charge in [0.15, 0.2) is 0 Å². The molecule has 2 saturated heterocycles. The number of aliphatic hydroxyl groups is 1. The van der Waals surface area contributed by atoms with Gasteiger partial charge in [0, 0.05) is 48.2 Å². The molecular weight excluding hydrogens is 469 g/mol.